The predicted molar refractivity (Wildman–Crippen MR) is 244 cm³/mol. The van der Waals surface area contributed by atoms with Crippen molar-refractivity contribution in [3.05, 3.63) is 85.1 Å². The van der Waals surface area contributed by atoms with Crippen LogP contribution in [0.4, 0.5) is 0 Å². The van der Waals surface area contributed by atoms with E-state index >= 15 is 0 Å². The molecular formula is C48H83NO9P+. The van der Waals surface area contributed by atoms with Crippen molar-refractivity contribution in [3.63, 3.8) is 0 Å². The molecule has 0 aliphatic carbocycles. The number of esters is 2. The highest BCUT2D eigenvalue weighted by Crippen LogP contribution is 2.43. The van der Waals surface area contributed by atoms with Gasteiger partial charge in [0.2, 0.25) is 0 Å². The third-order valence-corrected chi connectivity index (χ3v) is 9.99. The van der Waals surface area contributed by atoms with E-state index in [1.165, 1.54) is 25.7 Å². The molecule has 0 radical (unpaired) electrons. The first-order valence-corrected chi connectivity index (χ1v) is 23.9. The molecule has 11 heteroatoms. The number of hydrogen-bond acceptors (Lipinski definition) is 8. The second-order valence-electron chi connectivity index (χ2n) is 15.9. The van der Waals surface area contributed by atoms with Crippen LogP contribution >= 0.6 is 7.82 Å². The van der Waals surface area contributed by atoms with Crippen LogP contribution in [0.3, 0.4) is 0 Å². The number of rotatable bonds is 39. The Bertz CT molecular complexity index is 1300. The Kier molecular flexibility index (Phi) is 37.4. The lowest BCUT2D eigenvalue weighted by molar-refractivity contribution is -0.870. The lowest BCUT2D eigenvalue weighted by Gasteiger charge is -2.24. The maximum atomic E-state index is 12.7. The minimum Gasteiger partial charge on any atom is -0.462 e. The highest BCUT2D eigenvalue weighted by atomic mass is 31.2. The molecule has 0 heterocycles. The van der Waals surface area contributed by atoms with Crippen molar-refractivity contribution in [1.82, 2.24) is 0 Å². The number of unbranched alkanes of at least 4 members (excludes halogenated alkanes) is 10. The van der Waals surface area contributed by atoms with Crippen LogP contribution in [0.15, 0.2) is 85.1 Å². The lowest BCUT2D eigenvalue weighted by atomic mass is 10.1. The maximum Gasteiger partial charge on any atom is 0.472 e. The molecule has 59 heavy (non-hydrogen) atoms. The third-order valence-electron chi connectivity index (χ3n) is 9.00. The van der Waals surface area contributed by atoms with Crippen LogP contribution in [0.5, 0.6) is 0 Å². The van der Waals surface area contributed by atoms with Gasteiger partial charge in [0.05, 0.1) is 33.9 Å². The van der Waals surface area contributed by atoms with Gasteiger partial charge in [-0.25, -0.2) is 4.57 Å². The zero-order valence-electron chi connectivity index (χ0n) is 37.6. The molecule has 0 spiro atoms. The van der Waals surface area contributed by atoms with E-state index in [0.29, 0.717) is 30.3 Å². The number of nitrogens with zero attached hydrogens (tertiary/aromatic N) is 1. The van der Waals surface area contributed by atoms with Gasteiger partial charge in [0.25, 0.3) is 0 Å². The fourth-order valence-electron chi connectivity index (χ4n) is 5.42. The van der Waals surface area contributed by atoms with Crippen molar-refractivity contribution in [1.29, 1.82) is 0 Å². The molecule has 3 atom stereocenters. The first-order valence-electron chi connectivity index (χ1n) is 22.4. The molecule has 0 bridgehead atoms. The fourth-order valence-corrected chi connectivity index (χ4v) is 6.16. The van der Waals surface area contributed by atoms with Gasteiger partial charge in [0.15, 0.2) is 6.10 Å². The van der Waals surface area contributed by atoms with E-state index in [1.807, 2.05) is 57.6 Å². The van der Waals surface area contributed by atoms with Crippen molar-refractivity contribution in [3.8, 4) is 0 Å². The van der Waals surface area contributed by atoms with E-state index in [4.69, 9.17) is 18.5 Å². The van der Waals surface area contributed by atoms with Crippen LogP contribution in [0.25, 0.3) is 0 Å². The summed E-state index contributed by atoms with van der Waals surface area (Å²) < 4.78 is 34.2. The molecule has 0 aliphatic heterocycles. The number of likely N-dealkylation sites (N-methyl/N-ethyl adjacent to an activating group) is 1. The molecule has 0 aromatic carbocycles. The number of allylic oxidation sites excluding steroid dienone is 13. The number of phosphoric acid groups is 1. The summed E-state index contributed by atoms with van der Waals surface area (Å²) in [6, 6.07) is 0. The summed E-state index contributed by atoms with van der Waals surface area (Å²) in [6.45, 7) is 4.14. The minimum atomic E-state index is -4.41. The van der Waals surface area contributed by atoms with E-state index in [-0.39, 0.29) is 32.2 Å². The topological polar surface area (TPSA) is 129 Å². The maximum absolute atomic E-state index is 12.7. The van der Waals surface area contributed by atoms with Crippen molar-refractivity contribution in [2.24, 2.45) is 0 Å². The highest BCUT2D eigenvalue weighted by molar-refractivity contribution is 7.47. The van der Waals surface area contributed by atoms with Crippen molar-refractivity contribution >= 4 is 19.8 Å². The first kappa shape index (κ1) is 56.1. The number of phosphoric ester groups is 1. The Morgan fingerprint density at radius 1 is 0.610 bits per heavy atom. The minimum absolute atomic E-state index is 0.00471. The molecule has 0 aromatic rings. The summed E-state index contributed by atoms with van der Waals surface area (Å²) >= 11 is 0. The summed E-state index contributed by atoms with van der Waals surface area (Å²) in [4.78, 5) is 35.4. The number of ether oxygens (including phenoxy) is 2. The SMILES string of the molecule is CCCCC/C=C\C/C=C\C/C=C\CCCCCCC(=O)OC[C@H](COP(=O)(O)OCC[N+](C)(C)C)OC(=O)CCC/C=C\C/C=C\C/C=C\C=C\[C@@H](O)CCCCC. The van der Waals surface area contributed by atoms with Crippen molar-refractivity contribution < 1.29 is 47.2 Å². The third kappa shape index (κ3) is 43.1. The fraction of sp³-hybridized carbons (Fsp3) is 0.667. The van der Waals surface area contributed by atoms with E-state index < -0.39 is 32.5 Å². The Morgan fingerprint density at radius 2 is 1.14 bits per heavy atom. The van der Waals surface area contributed by atoms with Crippen LogP contribution in [-0.2, 0) is 32.7 Å². The predicted octanol–water partition coefficient (Wildman–Crippen LogP) is 11.8. The first-order chi connectivity index (χ1) is 28.4. The van der Waals surface area contributed by atoms with Crippen molar-refractivity contribution in [2.45, 2.75) is 161 Å². The number of aliphatic hydroxyl groups excluding tert-OH is 1. The summed E-state index contributed by atoms with van der Waals surface area (Å²) in [6.07, 6.45) is 46.8. The van der Waals surface area contributed by atoms with Crippen LogP contribution in [0.1, 0.15) is 149 Å². The zero-order chi connectivity index (χ0) is 43.7. The van der Waals surface area contributed by atoms with E-state index in [1.54, 1.807) is 0 Å². The molecular weight excluding hydrogens is 765 g/mol. The number of aliphatic hydroxyl groups is 1. The molecule has 0 rings (SSSR count). The molecule has 0 aliphatic rings. The quantitative estimate of drug-likeness (QED) is 0.0155. The summed E-state index contributed by atoms with van der Waals surface area (Å²) in [5.41, 5.74) is 0. The summed E-state index contributed by atoms with van der Waals surface area (Å²) in [5.74, 6) is -0.925. The van der Waals surface area contributed by atoms with Crippen molar-refractivity contribution in [2.75, 3.05) is 47.5 Å². The molecule has 2 N–H and O–H groups in total. The molecule has 0 saturated heterocycles. The smallest absolute Gasteiger partial charge is 0.462 e. The lowest BCUT2D eigenvalue weighted by Crippen LogP contribution is -2.37. The van der Waals surface area contributed by atoms with Crippen LogP contribution in [-0.4, -0.2) is 86.1 Å². The van der Waals surface area contributed by atoms with Crippen LogP contribution < -0.4 is 0 Å². The van der Waals surface area contributed by atoms with Gasteiger partial charge in [-0.3, -0.25) is 18.6 Å². The molecule has 0 amide bonds. The average molecular weight is 849 g/mol. The highest BCUT2D eigenvalue weighted by Gasteiger charge is 2.27. The molecule has 0 aromatic heterocycles. The molecule has 1 unspecified atom stereocenters. The zero-order valence-corrected chi connectivity index (χ0v) is 38.5. The van der Waals surface area contributed by atoms with Gasteiger partial charge in [-0.1, -0.05) is 144 Å². The van der Waals surface area contributed by atoms with Gasteiger partial charge in [-0.15, -0.1) is 0 Å². The number of quaternary nitrogens is 1. The molecule has 0 saturated carbocycles. The largest absolute Gasteiger partial charge is 0.472 e. The van der Waals surface area contributed by atoms with Crippen LogP contribution in [0, 0.1) is 0 Å². The Morgan fingerprint density at radius 3 is 1.75 bits per heavy atom. The van der Waals surface area contributed by atoms with E-state index in [9.17, 15) is 24.2 Å². The average Bonchev–Trinajstić information content (AvgIpc) is 3.18. The second kappa shape index (κ2) is 39.3. The Labute approximate surface area is 359 Å². The van der Waals surface area contributed by atoms with Gasteiger partial charge in [-0.2, -0.15) is 0 Å². The monoisotopic (exact) mass is 849 g/mol. The second-order valence-corrected chi connectivity index (χ2v) is 17.4. The van der Waals surface area contributed by atoms with E-state index in [2.05, 4.69) is 62.5 Å². The van der Waals surface area contributed by atoms with Gasteiger partial charge in [0, 0.05) is 12.8 Å². The normalized spacial score (nSPS) is 14.9. The number of carbonyl (C=O) groups is 2. The number of hydrogen-bond donors (Lipinski definition) is 2. The van der Waals surface area contributed by atoms with Gasteiger partial charge < -0.3 is 24.0 Å². The molecule has 10 nitrogen and oxygen atoms in total. The van der Waals surface area contributed by atoms with E-state index in [0.717, 1.165) is 77.0 Å². The Hall–Kier alpha value is -2.85. The summed E-state index contributed by atoms with van der Waals surface area (Å²) in [7, 11) is 1.38. The standard InChI is InChI=1S/C48H82NO9P/c1-6-8-10-11-12-13-14-15-16-17-18-19-22-25-28-31-35-39-47(51)55-43-46(44-57-59(53,54)56-42-41-49(3,4)5)58-48(52)40-36-32-29-26-23-20-21-24-27-30-34-38-45(50)37-33-9-7-2/h12-13,15-16,18-21,26-27,29-30,34,38,45-46,50H,6-11,14,17,22-25,28,31-33,35-37,39-44H2,1-5H3/p+1/b13-12-,16-15-,19-18-,21-20-,29-26-,30-27-,38-34+/t45-,46+/m0/s1. The molecule has 0 fully saturated rings. The van der Waals surface area contributed by atoms with Gasteiger partial charge in [-0.05, 0) is 77.0 Å². The summed E-state index contributed by atoms with van der Waals surface area (Å²) in [5, 5.41) is 9.91. The van der Waals surface area contributed by atoms with Gasteiger partial charge in [0.1, 0.15) is 19.8 Å². The molecule has 338 valence electrons. The number of carbonyl (C=O) groups excluding carboxylic acids is 2. The van der Waals surface area contributed by atoms with Gasteiger partial charge >= 0.3 is 19.8 Å². The van der Waals surface area contributed by atoms with Crippen LogP contribution in [0.2, 0.25) is 0 Å². The Balaban J connectivity index is 4.55.